The van der Waals surface area contributed by atoms with E-state index in [1.54, 1.807) is 6.92 Å². The SMILES string of the molecule is Cc1c(S(=O)(=O)c2ccc(F)cc2)c(N)n(CC2CC2)c1C. The summed E-state index contributed by atoms with van der Waals surface area (Å²) in [5.74, 6) is 0.409. The highest BCUT2D eigenvalue weighted by Crippen LogP contribution is 2.37. The molecule has 1 saturated carbocycles. The minimum Gasteiger partial charge on any atom is -0.384 e. The van der Waals surface area contributed by atoms with Crippen molar-refractivity contribution in [1.82, 2.24) is 4.57 Å². The van der Waals surface area contributed by atoms with Gasteiger partial charge < -0.3 is 10.3 Å². The number of benzene rings is 1. The van der Waals surface area contributed by atoms with E-state index in [1.165, 1.54) is 12.1 Å². The molecule has 4 nitrogen and oxygen atoms in total. The lowest BCUT2D eigenvalue weighted by atomic mass is 10.3. The van der Waals surface area contributed by atoms with Gasteiger partial charge in [0.1, 0.15) is 16.5 Å². The van der Waals surface area contributed by atoms with E-state index in [-0.39, 0.29) is 15.6 Å². The summed E-state index contributed by atoms with van der Waals surface area (Å²) in [5, 5.41) is 0. The molecule has 1 aromatic heterocycles. The normalized spacial score (nSPS) is 15.2. The molecule has 0 bridgehead atoms. The summed E-state index contributed by atoms with van der Waals surface area (Å²) < 4.78 is 40.6. The Labute approximate surface area is 129 Å². The van der Waals surface area contributed by atoms with Crippen molar-refractivity contribution < 1.29 is 12.8 Å². The molecule has 3 rings (SSSR count). The van der Waals surface area contributed by atoms with Crippen molar-refractivity contribution >= 4 is 15.7 Å². The first-order valence-electron chi connectivity index (χ1n) is 7.28. The molecule has 0 spiro atoms. The van der Waals surface area contributed by atoms with E-state index in [0.29, 0.717) is 11.5 Å². The van der Waals surface area contributed by atoms with Gasteiger partial charge in [0.25, 0.3) is 0 Å². The van der Waals surface area contributed by atoms with Gasteiger partial charge in [0.05, 0.1) is 4.90 Å². The molecule has 2 N–H and O–H groups in total. The Bertz CT molecular complexity index is 819. The van der Waals surface area contributed by atoms with Crippen LogP contribution in [0.5, 0.6) is 0 Å². The lowest BCUT2D eigenvalue weighted by Crippen LogP contribution is -2.09. The zero-order valence-electron chi connectivity index (χ0n) is 12.6. The van der Waals surface area contributed by atoms with E-state index >= 15 is 0 Å². The third-order valence-corrected chi connectivity index (χ3v) is 6.29. The van der Waals surface area contributed by atoms with Crippen molar-refractivity contribution in [2.75, 3.05) is 5.73 Å². The van der Waals surface area contributed by atoms with E-state index in [4.69, 9.17) is 5.73 Å². The van der Waals surface area contributed by atoms with Crippen LogP contribution in [0.4, 0.5) is 10.2 Å². The quantitative estimate of drug-likeness (QED) is 0.880. The molecule has 0 radical (unpaired) electrons. The van der Waals surface area contributed by atoms with Gasteiger partial charge in [-0.3, -0.25) is 0 Å². The first kappa shape index (κ1) is 15.1. The van der Waals surface area contributed by atoms with Gasteiger partial charge in [0, 0.05) is 12.2 Å². The molecule has 22 heavy (non-hydrogen) atoms. The largest absolute Gasteiger partial charge is 0.384 e. The summed E-state index contributed by atoms with van der Waals surface area (Å²) in [6.07, 6.45) is 2.33. The lowest BCUT2D eigenvalue weighted by molar-refractivity contribution is 0.593. The number of aromatic nitrogens is 1. The fraction of sp³-hybridized carbons (Fsp3) is 0.375. The lowest BCUT2D eigenvalue weighted by Gasteiger charge is -2.09. The zero-order valence-corrected chi connectivity index (χ0v) is 13.5. The molecule has 0 aliphatic heterocycles. The van der Waals surface area contributed by atoms with Gasteiger partial charge in [-0.15, -0.1) is 0 Å². The number of hydrogen-bond donors (Lipinski definition) is 1. The molecule has 118 valence electrons. The molecule has 1 aromatic carbocycles. The van der Waals surface area contributed by atoms with E-state index in [1.807, 2.05) is 11.5 Å². The molecular weight excluding hydrogens is 303 g/mol. The van der Waals surface area contributed by atoms with E-state index in [9.17, 15) is 12.8 Å². The zero-order chi connectivity index (χ0) is 16.1. The second-order valence-electron chi connectivity index (χ2n) is 5.94. The van der Waals surface area contributed by atoms with Gasteiger partial charge in [0.15, 0.2) is 0 Å². The van der Waals surface area contributed by atoms with Gasteiger partial charge in [-0.2, -0.15) is 0 Å². The summed E-state index contributed by atoms with van der Waals surface area (Å²) in [6.45, 7) is 4.42. The van der Waals surface area contributed by atoms with E-state index in [2.05, 4.69) is 0 Å². The molecular formula is C16H19FN2O2S. The summed E-state index contributed by atoms with van der Waals surface area (Å²) in [4.78, 5) is 0.213. The van der Waals surface area contributed by atoms with Crippen LogP contribution in [0, 0.1) is 25.6 Å². The number of halogens is 1. The highest BCUT2D eigenvalue weighted by molar-refractivity contribution is 7.91. The van der Waals surface area contributed by atoms with Crippen LogP contribution < -0.4 is 5.73 Å². The fourth-order valence-electron chi connectivity index (χ4n) is 2.73. The fourth-order valence-corrected chi connectivity index (χ4v) is 4.39. The van der Waals surface area contributed by atoms with Crippen molar-refractivity contribution in [2.45, 2.75) is 43.0 Å². The van der Waals surface area contributed by atoms with Gasteiger partial charge >= 0.3 is 0 Å². The molecule has 2 aromatic rings. The Morgan fingerprint density at radius 2 is 1.82 bits per heavy atom. The maximum absolute atomic E-state index is 13.0. The standard InChI is InChI=1S/C16H19FN2O2S/c1-10-11(2)19(9-12-3-4-12)16(18)15(10)22(20,21)14-7-5-13(17)6-8-14/h5-8,12H,3-4,9,18H2,1-2H3. The maximum atomic E-state index is 13.0. The predicted molar refractivity (Wildman–Crippen MR) is 82.9 cm³/mol. The Hall–Kier alpha value is -1.82. The average Bonchev–Trinajstić information content (AvgIpc) is 3.24. The number of hydrogen-bond acceptors (Lipinski definition) is 3. The average molecular weight is 322 g/mol. The number of sulfone groups is 1. The van der Waals surface area contributed by atoms with Gasteiger partial charge in [0.2, 0.25) is 9.84 Å². The van der Waals surface area contributed by atoms with Crippen molar-refractivity contribution in [3.8, 4) is 0 Å². The van der Waals surface area contributed by atoms with E-state index < -0.39 is 15.7 Å². The van der Waals surface area contributed by atoms with Crippen molar-refractivity contribution in [3.05, 3.63) is 41.3 Å². The minimum absolute atomic E-state index is 0.0623. The second-order valence-corrected chi connectivity index (χ2v) is 7.82. The predicted octanol–water partition coefficient (Wildman–Crippen LogP) is 3.07. The van der Waals surface area contributed by atoms with Crippen molar-refractivity contribution in [3.63, 3.8) is 0 Å². The highest BCUT2D eigenvalue weighted by atomic mass is 32.2. The molecule has 1 fully saturated rings. The van der Waals surface area contributed by atoms with Crippen LogP contribution in [0.3, 0.4) is 0 Å². The minimum atomic E-state index is -3.75. The molecule has 0 unspecified atom stereocenters. The Kier molecular flexibility index (Phi) is 3.51. The summed E-state index contributed by atoms with van der Waals surface area (Å²) in [5.41, 5.74) is 7.69. The topological polar surface area (TPSA) is 65.1 Å². The van der Waals surface area contributed by atoms with Crippen LogP contribution in [0.25, 0.3) is 0 Å². The van der Waals surface area contributed by atoms with Crippen LogP contribution in [0.15, 0.2) is 34.1 Å². The van der Waals surface area contributed by atoms with Gasteiger partial charge in [-0.1, -0.05) is 0 Å². The van der Waals surface area contributed by atoms with Gasteiger partial charge in [-0.05, 0) is 62.4 Å². The molecule has 6 heteroatoms. The Balaban J connectivity index is 2.12. The maximum Gasteiger partial charge on any atom is 0.210 e. The number of anilines is 1. The molecule has 1 aliphatic carbocycles. The number of rotatable bonds is 4. The number of nitrogens with two attached hydrogens (primary N) is 1. The van der Waals surface area contributed by atoms with Crippen LogP contribution >= 0.6 is 0 Å². The van der Waals surface area contributed by atoms with Crippen LogP contribution in [0.2, 0.25) is 0 Å². The highest BCUT2D eigenvalue weighted by Gasteiger charge is 2.30. The third kappa shape index (κ3) is 2.41. The summed E-state index contributed by atoms with van der Waals surface area (Å²) in [6, 6.07) is 4.84. The second kappa shape index (κ2) is 5.12. The first-order valence-corrected chi connectivity index (χ1v) is 8.76. The van der Waals surface area contributed by atoms with Crippen molar-refractivity contribution in [2.24, 2.45) is 5.92 Å². The monoisotopic (exact) mass is 322 g/mol. The summed E-state index contributed by atoms with van der Waals surface area (Å²) in [7, 11) is -3.75. The van der Waals surface area contributed by atoms with Gasteiger partial charge in [-0.25, -0.2) is 12.8 Å². The van der Waals surface area contributed by atoms with Crippen LogP contribution in [-0.4, -0.2) is 13.0 Å². The first-order chi connectivity index (χ1) is 10.3. The smallest absolute Gasteiger partial charge is 0.210 e. The molecule has 1 aliphatic rings. The molecule has 0 atom stereocenters. The van der Waals surface area contributed by atoms with Crippen molar-refractivity contribution in [1.29, 1.82) is 0 Å². The third-order valence-electron chi connectivity index (χ3n) is 4.34. The van der Waals surface area contributed by atoms with Crippen LogP contribution in [0.1, 0.15) is 24.1 Å². The Morgan fingerprint density at radius 3 is 2.36 bits per heavy atom. The van der Waals surface area contributed by atoms with E-state index in [0.717, 1.165) is 37.2 Å². The summed E-state index contributed by atoms with van der Waals surface area (Å²) >= 11 is 0. The Morgan fingerprint density at radius 1 is 1.23 bits per heavy atom. The number of nitrogens with zero attached hydrogens (tertiary/aromatic N) is 1. The van der Waals surface area contributed by atoms with Crippen LogP contribution in [-0.2, 0) is 16.4 Å². The number of nitrogen functional groups attached to an aromatic ring is 1. The molecule has 0 saturated heterocycles. The molecule has 0 amide bonds. The molecule has 1 heterocycles.